The van der Waals surface area contributed by atoms with E-state index in [4.69, 9.17) is 5.73 Å². The number of nitrogens with one attached hydrogen (secondary N) is 1. The summed E-state index contributed by atoms with van der Waals surface area (Å²) in [4.78, 5) is 22.9. The minimum Gasteiger partial charge on any atom is -0.328 e. The van der Waals surface area contributed by atoms with Crippen LogP contribution in [0.1, 0.15) is 19.8 Å². The second kappa shape index (κ2) is 6.33. The van der Waals surface area contributed by atoms with Crippen LogP contribution in [-0.2, 0) is 24.1 Å². The van der Waals surface area contributed by atoms with Crippen LogP contribution in [0.5, 0.6) is 0 Å². The third-order valence-electron chi connectivity index (χ3n) is 3.04. The van der Waals surface area contributed by atoms with Crippen LogP contribution in [0, 0.1) is 0 Å². The van der Waals surface area contributed by atoms with Gasteiger partial charge >= 0.3 is 5.69 Å². The molecule has 1 heterocycles. The molecule has 20 heavy (non-hydrogen) atoms. The molecule has 0 aliphatic rings. The van der Waals surface area contributed by atoms with Crippen LogP contribution in [0.4, 0.5) is 0 Å². The van der Waals surface area contributed by atoms with Gasteiger partial charge in [0.1, 0.15) is 0 Å². The number of sulfonamides is 1. The van der Waals surface area contributed by atoms with Gasteiger partial charge in [0.05, 0.1) is 0 Å². The van der Waals surface area contributed by atoms with E-state index in [1.54, 1.807) is 0 Å². The van der Waals surface area contributed by atoms with Crippen molar-refractivity contribution in [2.24, 2.45) is 19.8 Å². The molecule has 0 saturated heterocycles. The first-order chi connectivity index (χ1) is 9.20. The predicted molar refractivity (Wildman–Crippen MR) is 75.0 cm³/mol. The molecule has 8 nitrogen and oxygen atoms in total. The van der Waals surface area contributed by atoms with Crippen LogP contribution in [-0.4, -0.2) is 30.1 Å². The first-order valence-electron chi connectivity index (χ1n) is 6.22. The van der Waals surface area contributed by atoms with Gasteiger partial charge in [-0.3, -0.25) is 9.36 Å². The molecule has 3 N–H and O–H groups in total. The van der Waals surface area contributed by atoms with Crippen molar-refractivity contribution in [3.63, 3.8) is 0 Å². The Morgan fingerprint density at radius 1 is 1.35 bits per heavy atom. The van der Waals surface area contributed by atoms with Crippen LogP contribution < -0.4 is 21.7 Å². The standard InChI is InChI=1S/C11H20N4O4S/c1-4-8(12)5-6-13-20(18,19)9-7-14(2)11(17)15(3)10(9)16/h7-8,13H,4-6,12H2,1-3H3. The number of hydrogen-bond donors (Lipinski definition) is 2. The largest absolute Gasteiger partial charge is 0.330 e. The highest BCUT2D eigenvalue weighted by molar-refractivity contribution is 7.89. The summed E-state index contributed by atoms with van der Waals surface area (Å²) >= 11 is 0. The van der Waals surface area contributed by atoms with Crippen LogP contribution in [0.25, 0.3) is 0 Å². The van der Waals surface area contributed by atoms with E-state index >= 15 is 0 Å². The molecule has 0 spiro atoms. The number of aryl methyl sites for hydroxylation is 1. The minimum absolute atomic E-state index is 0.0966. The lowest BCUT2D eigenvalue weighted by molar-refractivity contribution is 0.552. The van der Waals surface area contributed by atoms with Crippen LogP contribution in [0.2, 0.25) is 0 Å². The third-order valence-corrected chi connectivity index (χ3v) is 4.48. The highest BCUT2D eigenvalue weighted by Gasteiger charge is 2.21. The lowest BCUT2D eigenvalue weighted by Gasteiger charge is -2.11. The molecule has 0 bridgehead atoms. The molecule has 0 aliphatic carbocycles. The smallest absolute Gasteiger partial charge is 0.328 e. The number of nitrogens with zero attached hydrogens (tertiary/aromatic N) is 2. The van der Waals surface area contributed by atoms with E-state index in [0.717, 1.165) is 21.8 Å². The number of nitrogens with two attached hydrogens (primary N) is 1. The summed E-state index contributed by atoms with van der Waals surface area (Å²) in [5.74, 6) is 0. The molecule has 114 valence electrons. The van der Waals surface area contributed by atoms with Gasteiger partial charge in [0, 0.05) is 32.9 Å². The van der Waals surface area contributed by atoms with Gasteiger partial charge in [-0.15, -0.1) is 0 Å². The Morgan fingerprint density at radius 3 is 2.50 bits per heavy atom. The van der Waals surface area contributed by atoms with E-state index in [-0.39, 0.29) is 12.6 Å². The molecule has 0 fully saturated rings. The summed E-state index contributed by atoms with van der Waals surface area (Å²) in [6, 6.07) is -0.0966. The summed E-state index contributed by atoms with van der Waals surface area (Å²) in [6.07, 6.45) is 2.23. The van der Waals surface area contributed by atoms with Gasteiger partial charge in [-0.05, 0) is 12.8 Å². The molecule has 0 amide bonds. The number of aromatic nitrogens is 2. The molecule has 9 heteroatoms. The van der Waals surface area contributed by atoms with Crippen molar-refractivity contribution in [1.82, 2.24) is 13.9 Å². The van der Waals surface area contributed by atoms with E-state index < -0.39 is 26.2 Å². The Labute approximate surface area is 117 Å². The van der Waals surface area contributed by atoms with Crippen LogP contribution in [0.3, 0.4) is 0 Å². The molecule has 1 aromatic heterocycles. The van der Waals surface area contributed by atoms with Crippen molar-refractivity contribution < 1.29 is 8.42 Å². The van der Waals surface area contributed by atoms with E-state index in [1.165, 1.54) is 14.1 Å². The zero-order valence-corrected chi connectivity index (χ0v) is 12.6. The van der Waals surface area contributed by atoms with Gasteiger partial charge in [-0.1, -0.05) is 6.92 Å². The fourth-order valence-electron chi connectivity index (χ4n) is 1.62. The summed E-state index contributed by atoms with van der Waals surface area (Å²) < 4.78 is 28.2. The quantitative estimate of drug-likeness (QED) is 0.663. The van der Waals surface area contributed by atoms with Gasteiger partial charge in [-0.25, -0.2) is 17.9 Å². The third kappa shape index (κ3) is 3.56. The molecule has 0 aliphatic heterocycles. The molecule has 0 saturated carbocycles. The van der Waals surface area contributed by atoms with Gasteiger partial charge in [0.25, 0.3) is 5.56 Å². The maximum absolute atomic E-state index is 12.1. The van der Waals surface area contributed by atoms with Crippen LogP contribution >= 0.6 is 0 Å². The molecule has 1 unspecified atom stereocenters. The maximum Gasteiger partial charge on any atom is 0.330 e. The first kappa shape index (κ1) is 16.6. The fraction of sp³-hybridized carbons (Fsp3) is 0.636. The molecule has 0 radical (unpaired) electrons. The van der Waals surface area contributed by atoms with E-state index in [0.29, 0.717) is 6.42 Å². The molecule has 1 rings (SSSR count). The fourth-order valence-corrected chi connectivity index (χ4v) is 2.83. The van der Waals surface area contributed by atoms with Gasteiger partial charge in [-0.2, -0.15) is 0 Å². The lowest BCUT2D eigenvalue weighted by atomic mass is 10.2. The highest BCUT2D eigenvalue weighted by Crippen LogP contribution is 2.01. The second-order valence-corrected chi connectivity index (χ2v) is 6.34. The predicted octanol–water partition coefficient (Wildman–Crippen LogP) is -1.51. The van der Waals surface area contributed by atoms with Crippen molar-refractivity contribution in [2.45, 2.75) is 30.7 Å². The summed E-state index contributed by atoms with van der Waals surface area (Å²) in [5.41, 5.74) is 4.26. The first-order valence-corrected chi connectivity index (χ1v) is 7.71. The van der Waals surface area contributed by atoms with Crippen molar-refractivity contribution in [3.05, 3.63) is 27.0 Å². The molecular weight excluding hydrogens is 284 g/mol. The maximum atomic E-state index is 12.1. The number of rotatable bonds is 6. The van der Waals surface area contributed by atoms with Gasteiger partial charge in [0.15, 0.2) is 4.90 Å². The Hall–Kier alpha value is -1.45. The SMILES string of the molecule is CCC(N)CCNS(=O)(=O)c1cn(C)c(=O)n(C)c1=O. The zero-order valence-electron chi connectivity index (χ0n) is 11.8. The molecular formula is C11H20N4O4S. The van der Waals surface area contributed by atoms with Crippen molar-refractivity contribution in [1.29, 1.82) is 0 Å². The van der Waals surface area contributed by atoms with Gasteiger partial charge in [0.2, 0.25) is 10.0 Å². The Morgan fingerprint density at radius 2 is 1.95 bits per heavy atom. The summed E-state index contributed by atoms with van der Waals surface area (Å²) in [5, 5.41) is 0. The second-order valence-electron chi connectivity index (χ2n) is 4.61. The monoisotopic (exact) mass is 304 g/mol. The van der Waals surface area contributed by atoms with E-state index in [1.807, 2.05) is 6.92 Å². The lowest BCUT2D eigenvalue weighted by Crippen LogP contribution is -2.42. The Kier molecular flexibility index (Phi) is 5.26. The molecule has 1 aromatic rings. The summed E-state index contributed by atoms with van der Waals surface area (Å²) in [7, 11) is -1.34. The van der Waals surface area contributed by atoms with Crippen molar-refractivity contribution in [2.75, 3.05) is 6.54 Å². The highest BCUT2D eigenvalue weighted by atomic mass is 32.2. The average molecular weight is 304 g/mol. The Bertz CT molecular complexity index is 689. The van der Waals surface area contributed by atoms with Crippen molar-refractivity contribution in [3.8, 4) is 0 Å². The average Bonchev–Trinajstić information content (AvgIpc) is 2.39. The van der Waals surface area contributed by atoms with Crippen molar-refractivity contribution >= 4 is 10.0 Å². The van der Waals surface area contributed by atoms with E-state index in [2.05, 4.69) is 4.72 Å². The Balaban J connectivity index is 3.06. The van der Waals surface area contributed by atoms with E-state index in [9.17, 15) is 18.0 Å². The topological polar surface area (TPSA) is 116 Å². The zero-order chi connectivity index (χ0) is 15.5. The number of hydrogen-bond acceptors (Lipinski definition) is 5. The minimum atomic E-state index is -3.96. The van der Waals surface area contributed by atoms with Crippen LogP contribution in [0.15, 0.2) is 20.7 Å². The molecule has 0 aromatic carbocycles. The summed E-state index contributed by atoms with van der Waals surface area (Å²) in [6.45, 7) is 2.05. The normalized spacial score (nSPS) is 13.4. The van der Waals surface area contributed by atoms with Gasteiger partial charge < -0.3 is 10.3 Å². The molecule has 1 atom stereocenters.